The molecule has 0 spiro atoms. The molecule has 3 rings (SSSR count). The van der Waals surface area contributed by atoms with Gasteiger partial charge >= 0.3 is 0 Å². The van der Waals surface area contributed by atoms with Gasteiger partial charge in [0.15, 0.2) is 11.0 Å². The Balaban J connectivity index is 1.70. The van der Waals surface area contributed by atoms with E-state index in [1.165, 1.54) is 12.1 Å². The lowest BCUT2D eigenvalue weighted by molar-refractivity contribution is 0.189. The molecular formula is C14H15ClN4O3S2. The summed E-state index contributed by atoms with van der Waals surface area (Å²) in [7, 11) is -3.89. The summed E-state index contributed by atoms with van der Waals surface area (Å²) in [5.41, 5.74) is 0.969. The zero-order valence-corrected chi connectivity index (χ0v) is 15.1. The van der Waals surface area contributed by atoms with E-state index in [2.05, 4.69) is 20.3 Å². The first-order valence-corrected chi connectivity index (χ1v) is 9.35. The largest absolute Gasteiger partial charge is 0.479 e. The number of benzene rings is 1. The van der Waals surface area contributed by atoms with Gasteiger partial charge in [-0.1, -0.05) is 23.7 Å². The smallest absolute Gasteiger partial charge is 0.265 e. The van der Waals surface area contributed by atoms with Crippen LogP contribution in [0.25, 0.3) is 0 Å². The first kappa shape index (κ1) is 17.0. The molecule has 0 radical (unpaired) electrons. The van der Waals surface area contributed by atoms with Gasteiger partial charge in [0, 0.05) is 18.2 Å². The van der Waals surface area contributed by atoms with Crippen molar-refractivity contribution in [1.82, 2.24) is 15.4 Å². The topological polar surface area (TPSA) is 91.8 Å². The maximum absolute atomic E-state index is 12.4. The highest BCUT2D eigenvalue weighted by Gasteiger charge is 2.32. The van der Waals surface area contributed by atoms with Crippen molar-refractivity contribution in [2.75, 3.05) is 6.61 Å². The predicted octanol–water partition coefficient (Wildman–Crippen LogP) is 1.47. The van der Waals surface area contributed by atoms with Crippen molar-refractivity contribution in [3.05, 3.63) is 40.7 Å². The summed E-state index contributed by atoms with van der Waals surface area (Å²) < 4.78 is 32.5. The van der Waals surface area contributed by atoms with E-state index in [0.29, 0.717) is 12.5 Å². The summed E-state index contributed by atoms with van der Waals surface area (Å²) >= 11 is 11.0. The van der Waals surface area contributed by atoms with Crippen molar-refractivity contribution in [1.29, 1.82) is 0 Å². The van der Waals surface area contributed by atoms with Crippen molar-refractivity contribution in [3.8, 4) is 0 Å². The van der Waals surface area contributed by atoms with Gasteiger partial charge in [-0.2, -0.15) is 0 Å². The molecule has 3 N–H and O–H groups in total. The van der Waals surface area contributed by atoms with Crippen LogP contribution >= 0.6 is 23.8 Å². The molecule has 0 fully saturated rings. The van der Waals surface area contributed by atoms with Crippen LogP contribution in [0, 0.1) is 0 Å². The summed E-state index contributed by atoms with van der Waals surface area (Å²) in [4.78, 5) is 4.28. The van der Waals surface area contributed by atoms with E-state index >= 15 is 0 Å². The van der Waals surface area contributed by atoms with Gasteiger partial charge in [0.2, 0.25) is 5.79 Å². The van der Waals surface area contributed by atoms with E-state index in [4.69, 9.17) is 28.6 Å². The average molecular weight is 387 g/mol. The number of sulfonamides is 1. The second kappa shape index (κ2) is 6.23. The van der Waals surface area contributed by atoms with Crippen LogP contribution in [-0.4, -0.2) is 32.1 Å². The average Bonchev–Trinajstić information content (AvgIpc) is 2.93. The van der Waals surface area contributed by atoms with Gasteiger partial charge in [0.25, 0.3) is 10.0 Å². The molecule has 1 atom stereocenters. The number of nitrogens with zero attached hydrogens (tertiary/aromatic N) is 1. The lowest BCUT2D eigenvalue weighted by Gasteiger charge is -2.32. The number of ether oxygens (including phenoxy) is 1. The Kier molecular flexibility index (Phi) is 4.41. The zero-order valence-electron chi connectivity index (χ0n) is 12.7. The number of halogens is 1. The van der Waals surface area contributed by atoms with Gasteiger partial charge in [-0.3, -0.25) is 4.72 Å². The van der Waals surface area contributed by atoms with Crippen LogP contribution in [0.15, 0.2) is 45.6 Å². The lowest BCUT2D eigenvalue weighted by Crippen LogP contribution is -2.59. The summed E-state index contributed by atoms with van der Waals surface area (Å²) in [6.07, 6.45) is 2.47. The molecule has 7 nitrogen and oxygen atoms in total. The first-order valence-electron chi connectivity index (χ1n) is 7.08. The second-order valence-corrected chi connectivity index (χ2v) is 7.86. The fraction of sp³-hybridized carbons (Fsp3) is 0.286. The molecule has 0 bridgehead atoms. The molecule has 0 saturated carbocycles. The molecule has 2 aliphatic rings. The highest BCUT2D eigenvalue weighted by Crippen LogP contribution is 2.23. The van der Waals surface area contributed by atoms with Crippen molar-refractivity contribution in [2.45, 2.75) is 24.0 Å². The molecule has 2 heterocycles. The minimum absolute atomic E-state index is 0.0507. The minimum atomic E-state index is -3.89. The van der Waals surface area contributed by atoms with E-state index in [1.54, 1.807) is 25.3 Å². The maximum Gasteiger partial charge on any atom is 0.265 e. The normalized spacial score (nSPS) is 22.4. The van der Waals surface area contributed by atoms with Crippen LogP contribution in [0.2, 0.25) is 5.02 Å². The molecule has 0 amide bonds. The summed E-state index contributed by atoms with van der Waals surface area (Å²) in [6.45, 7) is 2.30. The van der Waals surface area contributed by atoms with Gasteiger partial charge in [0.1, 0.15) is 4.90 Å². The fourth-order valence-electron chi connectivity index (χ4n) is 2.32. The van der Waals surface area contributed by atoms with Crippen molar-refractivity contribution < 1.29 is 13.2 Å². The Morgan fingerprint density at radius 2 is 2.21 bits per heavy atom. The predicted molar refractivity (Wildman–Crippen MR) is 95.1 cm³/mol. The number of thiocarbonyl (C=S) groups is 1. The molecule has 0 aromatic heterocycles. The van der Waals surface area contributed by atoms with Crippen LogP contribution in [0.1, 0.15) is 13.3 Å². The second-order valence-electron chi connectivity index (χ2n) is 5.40. The van der Waals surface area contributed by atoms with Gasteiger partial charge in [-0.25, -0.2) is 13.4 Å². The van der Waals surface area contributed by atoms with E-state index < -0.39 is 15.8 Å². The standard InChI is InChI=1S/C14H15ClN4O3S2/c1-14(16-8-9-6-7-22-12(9)17-14)18-13(23)19-24(20,21)11-5-3-2-4-10(11)15/h2-5,8,17H,6-7H2,1H3,(H2,18,19,23). The number of rotatable bonds is 3. The molecular weight excluding hydrogens is 372 g/mol. The lowest BCUT2D eigenvalue weighted by atomic mass is 10.2. The van der Waals surface area contributed by atoms with Gasteiger partial charge in [-0.15, -0.1) is 0 Å². The van der Waals surface area contributed by atoms with Crippen molar-refractivity contribution >= 4 is 45.2 Å². The van der Waals surface area contributed by atoms with Gasteiger partial charge < -0.3 is 15.4 Å². The zero-order chi connectivity index (χ0) is 17.4. The Morgan fingerprint density at radius 1 is 1.46 bits per heavy atom. The molecule has 0 aliphatic carbocycles. The van der Waals surface area contributed by atoms with Crippen LogP contribution in [0.3, 0.4) is 0 Å². The maximum atomic E-state index is 12.4. The summed E-state index contributed by atoms with van der Waals surface area (Å²) in [5.74, 6) is -0.389. The van der Waals surface area contributed by atoms with Crippen LogP contribution in [0.5, 0.6) is 0 Å². The Hall–Kier alpha value is -1.84. The number of nitrogens with one attached hydrogen (secondary N) is 3. The molecule has 1 aromatic rings. The molecule has 1 aromatic carbocycles. The van der Waals surface area contributed by atoms with Crippen molar-refractivity contribution in [3.63, 3.8) is 0 Å². The highest BCUT2D eigenvalue weighted by molar-refractivity contribution is 7.92. The van der Waals surface area contributed by atoms with Crippen molar-refractivity contribution in [2.24, 2.45) is 4.99 Å². The fourth-order valence-corrected chi connectivity index (χ4v) is 4.27. The molecule has 128 valence electrons. The van der Waals surface area contributed by atoms with Crippen LogP contribution in [0.4, 0.5) is 0 Å². The number of aliphatic imine (C=N–C) groups is 1. The molecule has 2 aliphatic heterocycles. The Bertz CT molecular complexity index is 853. The third-order valence-electron chi connectivity index (χ3n) is 3.46. The van der Waals surface area contributed by atoms with E-state index in [-0.39, 0.29) is 15.0 Å². The Morgan fingerprint density at radius 3 is 2.96 bits per heavy atom. The molecule has 10 heteroatoms. The quantitative estimate of drug-likeness (QED) is 0.681. The van der Waals surface area contributed by atoms with Gasteiger partial charge in [0.05, 0.1) is 11.6 Å². The van der Waals surface area contributed by atoms with E-state index in [1.807, 2.05) is 0 Å². The third-order valence-corrected chi connectivity index (χ3v) is 5.64. The molecule has 0 saturated heterocycles. The molecule has 1 unspecified atom stereocenters. The minimum Gasteiger partial charge on any atom is -0.479 e. The monoisotopic (exact) mass is 386 g/mol. The molecule has 24 heavy (non-hydrogen) atoms. The van der Waals surface area contributed by atoms with Gasteiger partial charge in [-0.05, 0) is 31.3 Å². The Labute approximate surface area is 150 Å². The highest BCUT2D eigenvalue weighted by atomic mass is 35.5. The van der Waals surface area contributed by atoms with Crippen LogP contribution in [-0.2, 0) is 14.8 Å². The summed E-state index contributed by atoms with van der Waals surface area (Å²) in [5, 5.41) is 5.89. The number of hydrogen-bond acceptors (Lipinski definition) is 6. The van der Waals surface area contributed by atoms with E-state index in [9.17, 15) is 8.42 Å². The van der Waals surface area contributed by atoms with Crippen LogP contribution < -0.4 is 15.4 Å². The van der Waals surface area contributed by atoms with E-state index in [0.717, 1.165) is 12.0 Å². The summed E-state index contributed by atoms with van der Waals surface area (Å²) in [6, 6.07) is 6.12. The number of hydrogen-bond donors (Lipinski definition) is 3. The third kappa shape index (κ3) is 3.47. The SMILES string of the molecule is CC1(NC(=S)NS(=O)(=O)c2ccccc2Cl)N=CC2=C(N1)OCC2. The first-order chi connectivity index (χ1) is 11.3.